The minimum atomic E-state index is -0.329. The molecular weight excluding hydrogens is 525 g/mol. The van der Waals surface area contributed by atoms with E-state index < -0.39 is 0 Å². The van der Waals surface area contributed by atoms with Crippen LogP contribution in [0.2, 0.25) is 0 Å². The largest absolute Gasteiger partial charge is 0.356 e. The van der Waals surface area contributed by atoms with Crippen LogP contribution in [0.3, 0.4) is 0 Å². The minimum Gasteiger partial charge on any atom is -0.356 e. The van der Waals surface area contributed by atoms with E-state index in [1.165, 1.54) is 23.5 Å². The number of halogens is 1. The summed E-state index contributed by atoms with van der Waals surface area (Å²) in [5, 5.41) is 13.6. The lowest BCUT2D eigenvalue weighted by molar-refractivity contribution is 0.495. The summed E-state index contributed by atoms with van der Waals surface area (Å²) >= 11 is 1.28. The van der Waals surface area contributed by atoms with Crippen molar-refractivity contribution in [2.45, 2.75) is 38.8 Å². The molecule has 4 aromatic heterocycles. The number of anilines is 2. The Balaban J connectivity index is 1.25. The van der Waals surface area contributed by atoms with Gasteiger partial charge in [-0.3, -0.25) is 0 Å². The van der Waals surface area contributed by atoms with E-state index in [-0.39, 0.29) is 11.9 Å². The minimum absolute atomic E-state index is 0.259. The second-order valence-corrected chi connectivity index (χ2v) is 10.8. The molecule has 5 heterocycles. The highest BCUT2D eigenvalue weighted by Crippen LogP contribution is 2.31. The van der Waals surface area contributed by atoms with Gasteiger partial charge in [-0.15, -0.1) is 0 Å². The van der Waals surface area contributed by atoms with Gasteiger partial charge in [-0.25, -0.2) is 24.3 Å². The molecule has 1 saturated heterocycles. The lowest BCUT2D eigenvalue weighted by Gasteiger charge is -2.30. The van der Waals surface area contributed by atoms with Crippen molar-refractivity contribution in [3.8, 4) is 28.5 Å². The SMILES string of the molecule is CCc1nc2ccc(-c3cnc(N4CCC(N)CC4)nc3)cn2c1CNc1nc(-c2ccc(F)cc2)c(C#N)s1. The van der Waals surface area contributed by atoms with Gasteiger partial charge in [-0.05, 0) is 55.7 Å². The van der Waals surface area contributed by atoms with Gasteiger partial charge in [0.05, 0.1) is 17.9 Å². The Bertz CT molecular complexity index is 1680. The summed E-state index contributed by atoms with van der Waals surface area (Å²) in [6, 6.07) is 12.5. The molecule has 0 aliphatic carbocycles. The van der Waals surface area contributed by atoms with Crippen LogP contribution in [0.15, 0.2) is 55.0 Å². The van der Waals surface area contributed by atoms with Crippen LogP contribution in [-0.2, 0) is 13.0 Å². The number of rotatable bonds is 7. The van der Waals surface area contributed by atoms with Gasteiger partial charge in [-0.2, -0.15) is 5.26 Å². The molecule has 202 valence electrons. The van der Waals surface area contributed by atoms with E-state index in [0.717, 1.165) is 66.5 Å². The number of nitrogens with one attached hydrogen (secondary N) is 1. The number of aryl methyl sites for hydroxylation is 1. The number of fused-ring (bicyclic) bond motifs is 1. The molecule has 9 nitrogen and oxygen atoms in total. The number of pyridine rings is 1. The lowest BCUT2D eigenvalue weighted by Crippen LogP contribution is -2.40. The number of nitriles is 1. The number of nitrogens with zero attached hydrogens (tertiary/aromatic N) is 7. The van der Waals surface area contributed by atoms with Crippen LogP contribution >= 0.6 is 11.3 Å². The van der Waals surface area contributed by atoms with Crippen LogP contribution in [0.1, 0.15) is 36.0 Å². The zero-order valence-electron chi connectivity index (χ0n) is 22.0. The van der Waals surface area contributed by atoms with Crippen molar-refractivity contribution in [3.63, 3.8) is 0 Å². The zero-order valence-corrected chi connectivity index (χ0v) is 22.8. The highest BCUT2D eigenvalue weighted by molar-refractivity contribution is 7.16. The normalized spacial score (nSPS) is 14.0. The molecule has 1 aliphatic rings. The van der Waals surface area contributed by atoms with Crippen LogP contribution in [0.4, 0.5) is 15.5 Å². The molecule has 40 heavy (non-hydrogen) atoms. The second kappa shape index (κ2) is 11.0. The highest BCUT2D eigenvalue weighted by atomic mass is 32.1. The molecule has 0 unspecified atom stereocenters. The van der Waals surface area contributed by atoms with Crippen molar-refractivity contribution < 1.29 is 4.39 Å². The Morgan fingerprint density at radius 3 is 2.48 bits per heavy atom. The molecule has 0 spiro atoms. The van der Waals surface area contributed by atoms with Gasteiger partial charge < -0.3 is 20.4 Å². The summed E-state index contributed by atoms with van der Waals surface area (Å²) in [5.41, 5.74) is 12.0. The molecule has 0 radical (unpaired) electrons. The maximum Gasteiger partial charge on any atom is 0.225 e. The maximum atomic E-state index is 13.4. The van der Waals surface area contributed by atoms with Crippen LogP contribution in [-0.4, -0.2) is 43.5 Å². The van der Waals surface area contributed by atoms with E-state index in [0.29, 0.717) is 27.8 Å². The Morgan fingerprint density at radius 1 is 1.05 bits per heavy atom. The predicted molar refractivity (Wildman–Crippen MR) is 155 cm³/mol. The molecular formula is C29H28FN9S. The monoisotopic (exact) mass is 553 g/mol. The summed E-state index contributed by atoms with van der Waals surface area (Å²) in [4.78, 5) is 21.4. The van der Waals surface area contributed by atoms with E-state index in [2.05, 4.69) is 48.8 Å². The Kier molecular flexibility index (Phi) is 7.11. The number of piperidine rings is 1. The van der Waals surface area contributed by atoms with E-state index in [4.69, 9.17) is 10.7 Å². The van der Waals surface area contributed by atoms with Crippen molar-refractivity contribution >= 4 is 28.1 Å². The zero-order chi connectivity index (χ0) is 27.6. The quantitative estimate of drug-likeness (QED) is 0.288. The number of hydrogen-bond acceptors (Lipinski definition) is 9. The lowest BCUT2D eigenvalue weighted by atomic mass is 10.1. The predicted octanol–water partition coefficient (Wildman–Crippen LogP) is 5.03. The molecule has 6 rings (SSSR count). The van der Waals surface area contributed by atoms with E-state index >= 15 is 0 Å². The second-order valence-electron chi connectivity index (χ2n) is 9.77. The number of benzene rings is 1. The first-order chi connectivity index (χ1) is 19.5. The fraction of sp³-hybridized carbons (Fsp3) is 0.276. The molecule has 0 bridgehead atoms. The van der Waals surface area contributed by atoms with Crippen LogP contribution in [0.25, 0.3) is 28.0 Å². The Morgan fingerprint density at radius 2 is 1.77 bits per heavy atom. The summed E-state index contributed by atoms with van der Waals surface area (Å²) in [7, 11) is 0. The van der Waals surface area contributed by atoms with Gasteiger partial charge in [0.1, 0.15) is 28.1 Å². The first-order valence-corrected chi connectivity index (χ1v) is 14.1. The first-order valence-electron chi connectivity index (χ1n) is 13.3. The van der Waals surface area contributed by atoms with Crippen molar-refractivity contribution in [2.24, 2.45) is 5.73 Å². The number of nitrogens with two attached hydrogens (primary N) is 1. The Hall–Kier alpha value is -4.40. The molecule has 1 aromatic carbocycles. The first kappa shape index (κ1) is 25.9. The third-order valence-electron chi connectivity index (χ3n) is 7.18. The fourth-order valence-electron chi connectivity index (χ4n) is 4.95. The number of aromatic nitrogens is 5. The van der Waals surface area contributed by atoms with Crippen LogP contribution in [0.5, 0.6) is 0 Å². The van der Waals surface area contributed by atoms with Crippen LogP contribution in [0, 0.1) is 17.1 Å². The average molecular weight is 554 g/mol. The topological polar surface area (TPSA) is 121 Å². The van der Waals surface area contributed by atoms with Crippen LogP contribution < -0.4 is 16.0 Å². The number of thiazole rings is 1. The summed E-state index contributed by atoms with van der Waals surface area (Å²) in [6.07, 6.45) is 8.46. The number of imidazole rings is 1. The molecule has 3 N–H and O–H groups in total. The molecule has 0 atom stereocenters. The molecule has 1 aliphatic heterocycles. The molecule has 11 heteroatoms. The summed E-state index contributed by atoms with van der Waals surface area (Å²) in [5.74, 6) is 0.405. The van der Waals surface area contributed by atoms with Gasteiger partial charge >= 0.3 is 0 Å². The molecule has 0 saturated carbocycles. The van der Waals surface area contributed by atoms with Crippen molar-refractivity contribution in [2.75, 3.05) is 23.3 Å². The highest BCUT2D eigenvalue weighted by Gasteiger charge is 2.19. The van der Waals surface area contributed by atoms with Crippen molar-refractivity contribution in [1.29, 1.82) is 5.26 Å². The van der Waals surface area contributed by atoms with Gasteiger partial charge in [0.15, 0.2) is 5.13 Å². The van der Waals surface area contributed by atoms with Gasteiger partial charge in [0.25, 0.3) is 0 Å². The number of hydrogen-bond donors (Lipinski definition) is 2. The third kappa shape index (κ3) is 5.11. The summed E-state index contributed by atoms with van der Waals surface area (Å²) < 4.78 is 15.5. The van der Waals surface area contributed by atoms with E-state index in [9.17, 15) is 9.65 Å². The smallest absolute Gasteiger partial charge is 0.225 e. The molecule has 0 amide bonds. The summed E-state index contributed by atoms with van der Waals surface area (Å²) in [6.45, 7) is 4.30. The van der Waals surface area contributed by atoms with Gasteiger partial charge in [0, 0.05) is 54.4 Å². The van der Waals surface area contributed by atoms with Gasteiger partial charge in [-0.1, -0.05) is 18.3 Å². The van der Waals surface area contributed by atoms with Crippen molar-refractivity contribution in [1.82, 2.24) is 24.3 Å². The third-order valence-corrected chi connectivity index (χ3v) is 8.10. The van der Waals surface area contributed by atoms with E-state index in [1.54, 1.807) is 12.1 Å². The van der Waals surface area contributed by atoms with E-state index in [1.807, 2.05) is 24.5 Å². The fourth-order valence-corrected chi connectivity index (χ4v) is 5.73. The van der Waals surface area contributed by atoms with Gasteiger partial charge in [0.2, 0.25) is 5.95 Å². The molecule has 1 fully saturated rings. The standard InChI is InChI=1S/C29H28FN9S/c1-2-23-24(16-35-29-37-27(25(13-31)40-29)18-3-6-21(30)7-4-18)39-17-19(5-8-26(39)36-23)20-14-33-28(34-15-20)38-11-9-22(32)10-12-38/h3-8,14-15,17,22H,2,9-12,16,32H2,1H3,(H,35,37). The molecule has 5 aromatic rings. The van der Waals surface area contributed by atoms with Crippen molar-refractivity contribution in [3.05, 3.63) is 77.1 Å². The average Bonchev–Trinajstić information content (AvgIpc) is 3.57. The maximum absolute atomic E-state index is 13.4. The Labute approximate surface area is 235 Å².